The maximum atomic E-state index is 5.44. The third-order valence-corrected chi connectivity index (χ3v) is 3.45. The monoisotopic (exact) mass is 199 g/mol. The minimum Gasteiger partial charge on any atom is -0.381 e. The lowest BCUT2D eigenvalue weighted by Gasteiger charge is -2.28. The molecule has 1 heterocycles. The van der Waals surface area contributed by atoms with Gasteiger partial charge in [0, 0.05) is 18.7 Å². The molecule has 3 unspecified atom stereocenters. The van der Waals surface area contributed by atoms with Gasteiger partial charge in [-0.05, 0) is 31.6 Å². The van der Waals surface area contributed by atoms with Gasteiger partial charge in [-0.3, -0.25) is 0 Å². The Morgan fingerprint density at radius 3 is 2.50 bits per heavy atom. The van der Waals surface area contributed by atoms with Crippen molar-refractivity contribution in [1.82, 2.24) is 5.32 Å². The highest BCUT2D eigenvalue weighted by Crippen LogP contribution is 2.20. The van der Waals surface area contributed by atoms with Crippen LogP contribution in [-0.4, -0.2) is 25.3 Å². The van der Waals surface area contributed by atoms with E-state index in [4.69, 9.17) is 4.74 Å². The molecule has 0 spiro atoms. The summed E-state index contributed by atoms with van der Waals surface area (Å²) in [6.07, 6.45) is 2.45. The smallest absolute Gasteiger partial charge is 0.0510 e. The molecule has 0 saturated carbocycles. The lowest BCUT2D eigenvalue weighted by atomic mass is 9.94. The van der Waals surface area contributed by atoms with Crippen LogP contribution in [0.3, 0.4) is 0 Å². The van der Waals surface area contributed by atoms with E-state index >= 15 is 0 Å². The summed E-state index contributed by atoms with van der Waals surface area (Å²) in [6.45, 7) is 11.0. The normalized spacial score (nSPS) is 26.8. The van der Waals surface area contributed by atoms with Gasteiger partial charge in [0.25, 0.3) is 0 Å². The van der Waals surface area contributed by atoms with Crippen LogP contribution in [0.4, 0.5) is 0 Å². The Labute approximate surface area is 88.4 Å². The molecule has 0 radical (unpaired) electrons. The molecule has 0 aromatic heterocycles. The first-order chi connectivity index (χ1) is 6.65. The molecule has 84 valence electrons. The fraction of sp³-hybridized carbons (Fsp3) is 1.00. The summed E-state index contributed by atoms with van der Waals surface area (Å²) in [5.41, 5.74) is 0. The highest BCUT2D eigenvalue weighted by atomic mass is 16.5. The molecule has 1 fully saturated rings. The summed E-state index contributed by atoms with van der Waals surface area (Å²) < 4.78 is 5.44. The van der Waals surface area contributed by atoms with Gasteiger partial charge in [0.15, 0.2) is 0 Å². The summed E-state index contributed by atoms with van der Waals surface area (Å²) in [7, 11) is 0. The van der Waals surface area contributed by atoms with Crippen molar-refractivity contribution in [3.05, 3.63) is 0 Å². The standard InChI is InChI=1S/C12H25NO/c1-5-12(11-6-7-14-8-11)13-10(4)9(2)3/h9-13H,5-8H2,1-4H3. The van der Waals surface area contributed by atoms with Crippen LogP contribution in [0.25, 0.3) is 0 Å². The first-order valence-electron chi connectivity index (χ1n) is 5.99. The second-order valence-electron chi connectivity index (χ2n) is 4.84. The summed E-state index contributed by atoms with van der Waals surface area (Å²) >= 11 is 0. The van der Waals surface area contributed by atoms with Gasteiger partial charge in [-0.1, -0.05) is 20.8 Å². The van der Waals surface area contributed by atoms with Crippen LogP contribution < -0.4 is 5.32 Å². The lowest BCUT2D eigenvalue weighted by Crippen LogP contribution is -2.43. The fourth-order valence-electron chi connectivity index (χ4n) is 1.99. The second kappa shape index (κ2) is 5.72. The summed E-state index contributed by atoms with van der Waals surface area (Å²) in [5, 5.41) is 3.73. The molecular weight excluding hydrogens is 174 g/mol. The number of hydrogen-bond acceptors (Lipinski definition) is 2. The first kappa shape index (κ1) is 12.0. The second-order valence-corrected chi connectivity index (χ2v) is 4.84. The molecule has 3 atom stereocenters. The zero-order valence-electron chi connectivity index (χ0n) is 10.0. The van der Waals surface area contributed by atoms with E-state index < -0.39 is 0 Å². The van der Waals surface area contributed by atoms with Crippen molar-refractivity contribution in [1.29, 1.82) is 0 Å². The molecule has 0 aromatic rings. The first-order valence-corrected chi connectivity index (χ1v) is 5.99. The van der Waals surface area contributed by atoms with Crippen molar-refractivity contribution in [2.45, 2.75) is 52.6 Å². The topological polar surface area (TPSA) is 21.3 Å². The van der Waals surface area contributed by atoms with Crippen molar-refractivity contribution in [3.63, 3.8) is 0 Å². The van der Waals surface area contributed by atoms with Crippen LogP contribution in [0.15, 0.2) is 0 Å². The molecule has 0 aromatic carbocycles. The molecule has 14 heavy (non-hydrogen) atoms. The average Bonchev–Trinajstić information content (AvgIpc) is 2.66. The molecule has 1 aliphatic heterocycles. The Morgan fingerprint density at radius 1 is 1.36 bits per heavy atom. The van der Waals surface area contributed by atoms with E-state index in [0.29, 0.717) is 18.0 Å². The minimum absolute atomic E-state index is 0.612. The quantitative estimate of drug-likeness (QED) is 0.734. The van der Waals surface area contributed by atoms with Crippen LogP contribution in [0, 0.1) is 11.8 Å². The molecule has 2 heteroatoms. The maximum Gasteiger partial charge on any atom is 0.0510 e. The third-order valence-electron chi connectivity index (χ3n) is 3.45. The van der Waals surface area contributed by atoms with Gasteiger partial charge in [-0.15, -0.1) is 0 Å². The number of rotatable bonds is 5. The molecule has 0 aliphatic carbocycles. The molecule has 1 rings (SSSR count). The Morgan fingerprint density at radius 2 is 2.07 bits per heavy atom. The number of ether oxygens (including phenoxy) is 1. The molecule has 1 N–H and O–H groups in total. The van der Waals surface area contributed by atoms with Crippen molar-refractivity contribution < 1.29 is 4.74 Å². The van der Waals surface area contributed by atoms with Crippen LogP contribution in [0.2, 0.25) is 0 Å². The van der Waals surface area contributed by atoms with Crippen LogP contribution in [0.1, 0.15) is 40.5 Å². The SMILES string of the molecule is CCC(NC(C)C(C)C)C1CCOC1. The van der Waals surface area contributed by atoms with E-state index in [9.17, 15) is 0 Å². The Kier molecular flexibility index (Phi) is 4.90. The molecule has 1 aliphatic rings. The van der Waals surface area contributed by atoms with E-state index in [-0.39, 0.29) is 0 Å². The zero-order valence-corrected chi connectivity index (χ0v) is 10.0. The van der Waals surface area contributed by atoms with E-state index in [1.165, 1.54) is 12.8 Å². The number of hydrogen-bond donors (Lipinski definition) is 1. The third kappa shape index (κ3) is 3.25. The lowest BCUT2D eigenvalue weighted by molar-refractivity contribution is 0.172. The van der Waals surface area contributed by atoms with Crippen molar-refractivity contribution in [2.24, 2.45) is 11.8 Å². The van der Waals surface area contributed by atoms with E-state index in [1.807, 2.05) is 0 Å². The average molecular weight is 199 g/mol. The molecule has 1 saturated heterocycles. The van der Waals surface area contributed by atoms with Crippen molar-refractivity contribution >= 4 is 0 Å². The van der Waals surface area contributed by atoms with Crippen LogP contribution >= 0.6 is 0 Å². The van der Waals surface area contributed by atoms with E-state index in [1.54, 1.807) is 0 Å². The van der Waals surface area contributed by atoms with Gasteiger partial charge < -0.3 is 10.1 Å². The highest BCUT2D eigenvalue weighted by molar-refractivity contribution is 4.81. The maximum absolute atomic E-state index is 5.44. The van der Waals surface area contributed by atoms with Gasteiger partial charge in [0.1, 0.15) is 0 Å². The zero-order chi connectivity index (χ0) is 10.6. The van der Waals surface area contributed by atoms with Crippen LogP contribution in [0.5, 0.6) is 0 Å². The Bertz CT molecular complexity index is 152. The largest absolute Gasteiger partial charge is 0.381 e. The summed E-state index contributed by atoms with van der Waals surface area (Å²) in [5.74, 6) is 1.45. The highest BCUT2D eigenvalue weighted by Gasteiger charge is 2.25. The molecule has 0 bridgehead atoms. The number of nitrogens with one attached hydrogen (secondary N) is 1. The molecule has 0 amide bonds. The summed E-state index contributed by atoms with van der Waals surface area (Å²) in [4.78, 5) is 0. The van der Waals surface area contributed by atoms with Gasteiger partial charge in [-0.2, -0.15) is 0 Å². The molecule has 2 nitrogen and oxygen atoms in total. The predicted molar refractivity (Wildman–Crippen MR) is 60.4 cm³/mol. The van der Waals surface area contributed by atoms with E-state index in [2.05, 4.69) is 33.0 Å². The van der Waals surface area contributed by atoms with Gasteiger partial charge in [0.05, 0.1) is 6.61 Å². The fourth-order valence-corrected chi connectivity index (χ4v) is 1.99. The predicted octanol–water partition coefficient (Wildman–Crippen LogP) is 2.44. The molecular formula is C12H25NO. The summed E-state index contributed by atoms with van der Waals surface area (Å²) in [6, 6.07) is 1.26. The van der Waals surface area contributed by atoms with Crippen molar-refractivity contribution in [3.8, 4) is 0 Å². The Balaban J connectivity index is 2.37. The van der Waals surface area contributed by atoms with Gasteiger partial charge in [0.2, 0.25) is 0 Å². The van der Waals surface area contributed by atoms with Crippen LogP contribution in [-0.2, 0) is 4.74 Å². The van der Waals surface area contributed by atoms with Crippen molar-refractivity contribution in [2.75, 3.05) is 13.2 Å². The van der Waals surface area contributed by atoms with Gasteiger partial charge >= 0.3 is 0 Å². The Hall–Kier alpha value is -0.0800. The minimum atomic E-state index is 0.612. The van der Waals surface area contributed by atoms with E-state index in [0.717, 1.165) is 19.1 Å². The van der Waals surface area contributed by atoms with Gasteiger partial charge in [-0.25, -0.2) is 0 Å².